The number of methoxy groups -OCH3 is 1. The number of anilines is 1. The number of halogens is 1. The first-order valence-electron chi connectivity index (χ1n) is 7.00. The van der Waals surface area contributed by atoms with Gasteiger partial charge in [-0.2, -0.15) is 0 Å². The van der Waals surface area contributed by atoms with Gasteiger partial charge in [0, 0.05) is 22.0 Å². The Bertz CT molecular complexity index is 656. The molecule has 1 aromatic heterocycles. The molecule has 4 nitrogen and oxygen atoms in total. The van der Waals surface area contributed by atoms with E-state index in [-0.39, 0.29) is 5.41 Å². The molecule has 2 rings (SSSR count). The smallest absolute Gasteiger partial charge is 0.131 e. The molecule has 0 fully saturated rings. The number of rotatable bonds is 3. The minimum atomic E-state index is -0.0618. The molecule has 5 heteroatoms. The van der Waals surface area contributed by atoms with Gasteiger partial charge in [-0.25, -0.2) is 4.98 Å². The lowest BCUT2D eigenvalue weighted by Gasteiger charge is -2.19. The van der Waals surface area contributed by atoms with Crippen molar-refractivity contribution in [2.45, 2.75) is 39.7 Å². The highest BCUT2D eigenvalue weighted by Crippen LogP contribution is 2.37. The second-order valence-corrected chi connectivity index (χ2v) is 6.86. The van der Waals surface area contributed by atoms with Gasteiger partial charge in [-0.15, -0.1) is 0 Å². The lowest BCUT2D eigenvalue weighted by molar-refractivity contribution is 0.415. The number of nitrogens with two attached hydrogens (primary N) is 1. The Kier molecular flexibility index (Phi) is 4.33. The first-order valence-corrected chi connectivity index (χ1v) is 7.79. The predicted molar refractivity (Wildman–Crippen MR) is 90.7 cm³/mol. The largest absolute Gasteiger partial charge is 0.497 e. The Morgan fingerprint density at radius 2 is 2.00 bits per heavy atom. The van der Waals surface area contributed by atoms with Crippen molar-refractivity contribution in [3.63, 3.8) is 0 Å². The van der Waals surface area contributed by atoms with E-state index in [1.807, 2.05) is 18.2 Å². The Morgan fingerprint density at radius 1 is 1.33 bits per heavy atom. The molecular weight excluding hydrogens is 330 g/mol. The van der Waals surface area contributed by atoms with E-state index in [1.165, 1.54) is 0 Å². The molecule has 0 aliphatic rings. The van der Waals surface area contributed by atoms with Crippen LogP contribution in [0.4, 0.5) is 5.82 Å². The summed E-state index contributed by atoms with van der Waals surface area (Å²) in [6.07, 6.45) is 0. The summed E-state index contributed by atoms with van der Waals surface area (Å²) >= 11 is 3.58. The minimum absolute atomic E-state index is 0.0618. The summed E-state index contributed by atoms with van der Waals surface area (Å²) in [5, 5.41) is 0. The maximum atomic E-state index is 6.34. The molecule has 0 unspecified atom stereocenters. The molecule has 2 N–H and O–H groups in total. The second kappa shape index (κ2) is 5.72. The summed E-state index contributed by atoms with van der Waals surface area (Å²) < 4.78 is 8.33. The first kappa shape index (κ1) is 15.9. The number of hydrogen-bond acceptors (Lipinski definition) is 3. The van der Waals surface area contributed by atoms with Crippen LogP contribution in [-0.4, -0.2) is 16.7 Å². The lowest BCUT2D eigenvalue weighted by atomic mass is 9.95. The molecule has 0 aliphatic carbocycles. The molecule has 0 saturated carbocycles. The highest BCUT2D eigenvalue weighted by molar-refractivity contribution is 9.10. The van der Waals surface area contributed by atoms with E-state index < -0.39 is 0 Å². The van der Waals surface area contributed by atoms with E-state index in [1.54, 1.807) is 7.11 Å². The number of aromatic nitrogens is 2. The quantitative estimate of drug-likeness (QED) is 0.900. The topological polar surface area (TPSA) is 53.1 Å². The normalized spacial score (nSPS) is 11.7. The number of nitrogens with zero attached hydrogens (tertiary/aromatic N) is 2. The summed E-state index contributed by atoms with van der Waals surface area (Å²) in [5.74, 6) is 2.47. The first-order chi connectivity index (χ1) is 9.79. The zero-order valence-electron chi connectivity index (χ0n) is 13.2. The van der Waals surface area contributed by atoms with Gasteiger partial charge in [0.15, 0.2) is 0 Å². The van der Waals surface area contributed by atoms with E-state index in [2.05, 4.69) is 48.2 Å². The highest BCUT2D eigenvalue weighted by atomic mass is 79.9. The van der Waals surface area contributed by atoms with Crippen LogP contribution < -0.4 is 10.5 Å². The second-order valence-electron chi connectivity index (χ2n) is 6.01. The zero-order chi connectivity index (χ0) is 15.8. The van der Waals surface area contributed by atoms with Crippen molar-refractivity contribution in [1.29, 1.82) is 0 Å². The van der Waals surface area contributed by atoms with E-state index in [0.717, 1.165) is 33.8 Å². The SMILES string of the molecule is CCn1c(C(C)(C)C)nc(-c2cc(OC)ccc2Br)c1N. The van der Waals surface area contributed by atoms with Crippen LogP contribution in [0.3, 0.4) is 0 Å². The maximum Gasteiger partial charge on any atom is 0.131 e. The lowest BCUT2D eigenvalue weighted by Crippen LogP contribution is -2.19. The Morgan fingerprint density at radius 3 is 2.48 bits per heavy atom. The molecule has 1 aromatic carbocycles. The number of imidazole rings is 1. The van der Waals surface area contributed by atoms with Gasteiger partial charge in [-0.05, 0) is 25.1 Å². The van der Waals surface area contributed by atoms with E-state index in [9.17, 15) is 0 Å². The standard InChI is InChI=1S/C16H22BrN3O/c1-6-20-14(18)13(19-15(20)16(2,3)4)11-9-10(21-5)7-8-12(11)17/h7-9H,6,18H2,1-5H3. The van der Waals surface area contributed by atoms with Gasteiger partial charge in [-0.3, -0.25) is 0 Å². The van der Waals surface area contributed by atoms with E-state index in [4.69, 9.17) is 15.5 Å². The van der Waals surface area contributed by atoms with Crippen LogP contribution in [0, 0.1) is 0 Å². The fourth-order valence-electron chi connectivity index (χ4n) is 2.37. The average molecular weight is 352 g/mol. The molecule has 0 amide bonds. The maximum absolute atomic E-state index is 6.34. The van der Waals surface area contributed by atoms with Crippen molar-refractivity contribution in [2.75, 3.05) is 12.8 Å². The number of hydrogen-bond donors (Lipinski definition) is 1. The monoisotopic (exact) mass is 351 g/mol. The third kappa shape index (κ3) is 2.93. The van der Waals surface area contributed by atoms with Crippen LogP contribution in [0.5, 0.6) is 5.75 Å². The van der Waals surface area contributed by atoms with Crippen molar-refractivity contribution in [3.05, 3.63) is 28.5 Å². The molecule has 1 heterocycles. The molecule has 0 bridgehead atoms. The van der Waals surface area contributed by atoms with Crippen LogP contribution in [-0.2, 0) is 12.0 Å². The van der Waals surface area contributed by atoms with Gasteiger partial charge in [0.05, 0.1) is 7.11 Å². The van der Waals surface area contributed by atoms with Gasteiger partial charge >= 0.3 is 0 Å². The van der Waals surface area contributed by atoms with E-state index >= 15 is 0 Å². The number of ether oxygens (including phenoxy) is 1. The van der Waals surface area contributed by atoms with Crippen LogP contribution >= 0.6 is 15.9 Å². The zero-order valence-corrected chi connectivity index (χ0v) is 14.8. The third-order valence-electron chi connectivity index (χ3n) is 3.42. The molecule has 2 aromatic rings. The number of benzene rings is 1. The van der Waals surface area contributed by atoms with Crippen molar-refractivity contribution in [2.24, 2.45) is 0 Å². The van der Waals surface area contributed by atoms with Gasteiger partial charge in [0.25, 0.3) is 0 Å². The summed E-state index contributed by atoms with van der Waals surface area (Å²) in [7, 11) is 1.65. The molecular formula is C16H22BrN3O. The fourth-order valence-corrected chi connectivity index (χ4v) is 2.80. The molecule has 0 atom stereocenters. The van der Waals surface area contributed by atoms with Crippen molar-refractivity contribution in [1.82, 2.24) is 9.55 Å². The Hall–Kier alpha value is -1.49. The summed E-state index contributed by atoms with van der Waals surface area (Å²) in [5.41, 5.74) is 8.03. The summed E-state index contributed by atoms with van der Waals surface area (Å²) in [6, 6.07) is 5.82. The van der Waals surface area contributed by atoms with Gasteiger partial charge in [-0.1, -0.05) is 36.7 Å². The average Bonchev–Trinajstić information content (AvgIpc) is 2.76. The van der Waals surface area contributed by atoms with Crippen LogP contribution in [0.2, 0.25) is 0 Å². The molecule has 21 heavy (non-hydrogen) atoms. The van der Waals surface area contributed by atoms with Crippen LogP contribution in [0.1, 0.15) is 33.5 Å². The van der Waals surface area contributed by atoms with Crippen LogP contribution in [0.25, 0.3) is 11.3 Å². The number of nitrogen functional groups attached to an aromatic ring is 1. The molecule has 0 aliphatic heterocycles. The minimum Gasteiger partial charge on any atom is -0.497 e. The molecule has 0 radical (unpaired) electrons. The molecule has 0 saturated heterocycles. The van der Waals surface area contributed by atoms with Crippen molar-refractivity contribution in [3.8, 4) is 17.0 Å². The predicted octanol–water partition coefficient (Wildman–Crippen LogP) is 4.22. The Labute approximate surface area is 134 Å². The van der Waals surface area contributed by atoms with Crippen molar-refractivity contribution >= 4 is 21.7 Å². The van der Waals surface area contributed by atoms with Gasteiger partial charge in [0.1, 0.15) is 23.1 Å². The molecule has 0 spiro atoms. The molecule has 114 valence electrons. The van der Waals surface area contributed by atoms with Gasteiger partial charge in [0.2, 0.25) is 0 Å². The summed E-state index contributed by atoms with van der Waals surface area (Å²) in [6.45, 7) is 9.31. The summed E-state index contributed by atoms with van der Waals surface area (Å²) in [4.78, 5) is 4.81. The fraction of sp³-hybridized carbons (Fsp3) is 0.438. The van der Waals surface area contributed by atoms with E-state index in [0.29, 0.717) is 5.82 Å². The van der Waals surface area contributed by atoms with Gasteiger partial charge < -0.3 is 15.0 Å². The third-order valence-corrected chi connectivity index (χ3v) is 4.11. The van der Waals surface area contributed by atoms with Crippen molar-refractivity contribution < 1.29 is 4.74 Å². The van der Waals surface area contributed by atoms with Crippen LogP contribution in [0.15, 0.2) is 22.7 Å². The highest BCUT2D eigenvalue weighted by Gasteiger charge is 2.25. The Balaban J connectivity index is 2.68.